The molecule has 0 aliphatic carbocycles. The molecule has 2 rings (SSSR count). The molecule has 0 spiro atoms. The molecule has 1 aliphatic heterocycles. The average molecular weight is 212 g/mol. The summed E-state index contributed by atoms with van der Waals surface area (Å²) in [7, 11) is 1.76. The zero-order valence-corrected chi connectivity index (χ0v) is 8.92. The molecule has 2 atom stereocenters. The fourth-order valence-corrected chi connectivity index (χ4v) is 2.06. The van der Waals surface area contributed by atoms with Crippen molar-refractivity contribution in [1.29, 1.82) is 0 Å². The van der Waals surface area contributed by atoms with Crippen molar-refractivity contribution in [2.24, 2.45) is 0 Å². The third-order valence-corrected chi connectivity index (χ3v) is 2.91. The van der Waals surface area contributed by atoms with Gasteiger partial charge in [-0.1, -0.05) is 23.7 Å². The molecule has 0 saturated carbocycles. The van der Waals surface area contributed by atoms with E-state index < -0.39 is 0 Å². The Bertz CT molecular complexity index is 316. The number of nitrogens with one attached hydrogen (secondary N) is 1. The van der Waals surface area contributed by atoms with E-state index in [-0.39, 0.29) is 0 Å². The molecule has 0 bridgehead atoms. The van der Waals surface area contributed by atoms with Gasteiger partial charge in [0.15, 0.2) is 0 Å². The minimum Gasteiger partial charge on any atom is -0.380 e. The molecule has 1 N–H and O–H groups in total. The molecule has 2 unspecified atom stereocenters. The van der Waals surface area contributed by atoms with Crippen LogP contribution in [0.5, 0.6) is 0 Å². The lowest BCUT2D eigenvalue weighted by molar-refractivity contribution is 0.117. The number of halogens is 1. The molecule has 0 amide bonds. The van der Waals surface area contributed by atoms with Gasteiger partial charge in [0.05, 0.1) is 6.10 Å². The lowest BCUT2D eigenvalue weighted by atomic mass is 10.1. The number of hydrogen-bond acceptors (Lipinski definition) is 2. The van der Waals surface area contributed by atoms with Crippen LogP contribution in [0.4, 0.5) is 0 Å². The van der Waals surface area contributed by atoms with Crippen molar-refractivity contribution in [1.82, 2.24) is 5.32 Å². The van der Waals surface area contributed by atoms with Gasteiger partial charge in [0, 0.05) is 24.7 Å². The standard InChI is InChI=1S/C11H14ClNO/c1-14-10-6-11(13-7-10)8-3-2-4-9(12)5-8/h2-5,10-11,13H,6-7H2,1H3. The largest absolute Gasteiger partial charge is 0.380 e. The molecule has 76 valence electrons. The molecule has 1 aliphatic rings. The maximum Gasteiger partial charge on any atom is 0.0714 e. The molecule has 2 nitrogen and oxygen atoms in total. The van der Waals surface area contributed by atoms with Crippen LogP contribution in [0.3, 0.4) is 0 Å². The maximum atomic E-state index is 5.93. The highest BCUT2D eigenvalue weighted by molar-refractivity contribution is 6.30. The van der Waals surface area contributed by atoms with E-state index in [1.807, 2.05) is 18.2 Å². The van der Waals surface area contributed by atoms with Gasteiger partial charge in [0.25, 0.3) is 0 Å². The summed E-state index contributed by atoms with van der Waals surface area (Å²) in [6.07, 6.45) is 1.36. The molecule has 0 radical (unpaired) electrons. The van der Waals surface area contributed by atoms with Crippen molar-refractivity contribution >= 4 is 11.6 Å². The summed E-state index contributed by atoms with van der Waals surface area (Å²) in [4.78, 5) is 0. The summed E-state index contributed by atoms with van der Waals surface area (Å²) in [5, 5.41) is 4.21. The van der Waals surface area contributed by atoms with Gasteiger partial charge in [0.2, 0.25) is 0 Å². The van der Waals surface area contributed by atoms with E-state index in [0.29, 0.717) is 12.1 Å². The van der Waals surface area contributed by atoms with Crippen molar-refractivity contribution in [3.63, 3.8) is 0 Å². The maximum absolute atomic E-state index is 5.93. The number of ether oxygens (including phenoxy) is 1. The summed E-state index contributed by atoms with van der Waals surface area (Å²) in [6, 6.07) is 8.38. The average Bonchev–Trinajstić information content (AvgIpc) is 2.66. The van der Waals surface area contributed by atoms with Crippen LogP contribution >= 0.6 is 11.6 Å². The third kappa shape index (κ3) is 2.08. The normalized spacial score (nSPS) is 26.7. The Balaban J connectivity index is 2.09. The second-order valence-electron chi connectivity index (χ2n) is 3.61. The lowest BCUT2D eigenvalue weighted by Gasteiger charge is -2.10. The minimum atomic E-state index is 0.332. The van der Waals surface area contributed by atoms with E-state index in [2.05, 4.69) is 11.4 Å². The van der Waals surface area contributed by atoms with E-state index in [4.69, 9.17) is 16.3 Å². The molecule has 3 heteroatoms. The van der Waals surface area contributed by atoms with Crippen LogP contribution in [0.2, 0.25) is 5.02 Å². The number of methoxy groups -OCH3 is 1. The van der Waals surface area contributed by atoms with Crippen LogP contribution in [0.25, 0.3) is 0 Å². The molecule has 1 fully saturated rings. The summed E-state index contributed by atoms with van der Waals surface area (Å²) in [5.41, 5.74) is 1.25. The van der Waals surface area contributed by atoms with Crippen LogP contribution in [0.15, 0.2) is 24.3 Å². The van der Waals surface area contributed by atoms with E-state index in [1.54, 1.807) is 7.11 Å². The van der Waals surface area contributed by atoms with Gasteiger partial charge >= 0.3 is 0 Å². The van der Waals surface area contributed by atoms with Gasteiger partial charge in [-0.25, -0.2) is 0 Å². The van der Waals surface area contributed by atoms with Crippen LogP contribution in [0.1, 0.15) is 18.0 Å². The van der Waals surface area contributed by atoms with Gasteiger partial charge in [0.1, 0.15) is 0 Å². The third-order valence-electron chi connectivity index (χ3n) is 2.67. The highest BCUT2D eigenvalue weighted by atomic mass is 35.5. The van der Waals surface area contributed by atoms with Crippen LogP contribution in [0, 0.1) is 0 Å². The van der Waals surface area contributed by atoms with Crippen molar-refractivity contribution in [2.75, 3.05) is 13.7 Å². The number of rotatable bonds is 2. The first-order chi connectivity index (χ1) is 6.79. The smallest absolute Gasteiger partial charge is 0.0714 e. The Labute approximate surface area is 89.2 Å². The van der Waals surface area contributed by atoms with Crippen molar-refractivity contribution in [3.05, 3.63) is 34.9 Å². The quantitative estimate of drug-likeness (QED) is 0.811. The molecule has 1 saturated heterocycles. The molecule has 1 heterocycles. The van der Waals surface area contributed by atoms with Gasteiger partial charge in [-0.3, -0.25) is 0 Å². The second kappa shape index (κ2) is 4.30. The van der Waals surface area contributed by atoms with E-state index in [1.165, 1.54) is 5.56 Å². The van der Waals surface area contributed by atoms with Gasteiger partial charge in [-0.2, -0.15) is 0 Å². The Morgan fingerprint density at radius 3 is 3.00 bits per heavy atom. The summed E-state index contributed by atoms with van der Waals surface area (Å²) < 4.78 is 5.30. The molecule has 0 aromatic heterocycles. The van der Waals surface area contributed by atoms with E-state index in [0.717, 1.165) is 18.0 Å². The fraction of sp³-hybridized carbons (Fsp3) is 0.455. The van der Waals surface area contributed by atoms with Gasteiger partial charge < -0.3 is 10.1 Å². The van der Waals surface area contributed by atoms with Crippen LogP contribution in [-0.4, -0.2) is 19.8 Å². The van der Waals surface area contributed by atoms with Gasteiger partial charge in [-0.05, 0) is 24.1 Å². The SMILES string of the molecule is COC1CNC(c2cccc(Cl)c2)C1. The minimum absolute atomic E-state index is 0.332. The Kier molecular flexibility index (Phi) is 3.06. The fourth-order valence-electron chi connectivity index (χ4n) is 1.86. The van der Waals surface area contributed by atoms with Gasteiger partial charge in [-0.15, -0.1) is 0 Å². The molecule has 14 heavy (non-hydrogen) atoms. The molecular formula is C11H14ClNO. The monoisotopic (exact) mass is 211 g/mol. The topological polar surface area (TPSA) is 21.3 Å². The summed E-state index contributed by atoms with van der Waals surface area (Å²) >= 11 is 5.93. The predicted molar refractivity (Wildman–Crippen MR) is 57.6 cm³/mol. The van der Waals surface area contributed by atoms with Crippen molar-refractivity contribution < 1.29 is 4.74 Å². The summed E-state index contributed by atoms with van der Waals surface area (Å²) in [6.45, 7) is 0.924. The molecule has 1 aromatic rings. The lowest BCUT2D eigenvalue weighted by Crippen LogP contribution is -2.16. The van der Waals surface area contributed by atoms with Crippen molar-refractivity contribution in [3.8, 4) is 0 Å². The van der Waals surface area contributed by atoms with Crippen LogP contribution in [-0.2, 0) is 4.74 Å². The Hall–Kier alpha value is -0.570. The predicted octanol–water partition coefficient (Wildman–Crippen LogP) is 2.39. The van der Waals surface area contributed by atoms with Crippen LogP contribution < -0.4 is 5.32 Å². The molecular weight excluding hydrogens is 198 g/mol. The Morgan fingerprint density at radius 2 is 2.36 bits per heavy atom. The first-order valence-corrected chi connectivity index (χ1v) is 5.19. The Morgan fingerprint density at radius 1 is 1.50 bits per heavy atom. The first kappa shape index (κ1) is 9.97. The summed E-state index contributed by atoms with van der Waals surface area (Å²) in [5.74, 6) is 0. The zero-order chi connectivity index (χ0) is 9.97. The van der Waals surface area contributed by atoms with E-state index in [9.17, 15) is 0 Å². The first-order valence-electron chi connectivity index (χ1n) is 4.81. The number of benzene rings is 1. The number of hydrogen-bond donors (Lipinski definition) is 1. The second-order valence-corrected chi connectivity index (χ2v) is 4.05. The molecule has 1 aromatic carbocycles. The highest BCUT2D eigenvalue weighted by Crippen LogP contribution is 2.26. The highest BCUT2D eigenvalue weighted by Gasteiger charge is 2.24. The zero-order valence-electron chi connectivity index (χ0n) is 8.16. The van der Waals surface area contributed by atoms with E-state index >= 15 is 0 Å². The van der Waals surface area contributed by atoms with Crippen molar-refractivity contribution in [2.45, 2.75) is 18.6 Å².